The van der Waals surface area contributed by atoms with Crippen molar-refractivity contribution in [1.29, 1.82) is 0 Å². The Morgan fingerprint density at radius 2 is 1.83 bits per heavy atom. The van der Waals surface area contributed by atoms with Gasteiger partial charge in [-0.1, -0.05) is 18.2 Å². The van der Waals surface area contributed by atoms with E-state index in [-0.39, 0.29) is 5.56 Å². The van der Waals surface area contributed by atoms with Gasteiger partial charge in [0.15, 0.2) is 0 Å². The van der Waals surface area contributed by atoms with E-state index in [0.29, 0.717) is 12.1 Å². The van der Waals surface area contributed by atoms with Crippen LogP contribution in [-0.2, 0) is 11.3 Å². The van der Waals surface area contributed by atoms with Crippen molar-refractivity contribution in [3.05, 3.63) is 84.2 Å². The number of rotatable bonds is 7. The number of aromatic carboxylic acids is 1. The Hall–Kier alpha value is -3.84. The first kappa shape index (κ1) is 18.5. The van der Waals surface area contributed by atoms with Crippen molar-refractivity contribution in [2.24, 2.45) is 0 Å². The molecule has 2 aromatic carbocycles. The van der Waals surface area contributed by atoms with E-state index in [0.717, 1.165) is 28.4 Å². The van der Waals surface area contributed by atoms with Gasteiger partial charge in [0.25, 0.3) is 0 Å². The van der Waals surface area contributed by atoms with Gasteiger partial charge in [0, 0.05) is 24.6 Å². The Morgan fingerprint density at radius 1 is 1.10 bits per heavy atom. The Balaban J connectivity index is 1.63. The molecule has 0 aliphatic heterocycles. The molecule has 7 nitrogen and oxygen atoms in total. The molecule has 7 heteroatoms. The van der Waals surface area contributed by atoms with E-state index in [4.69, 9.17) is 9.47 Å². The maximum Gasteiger partial charge on any atom is 0.337 e. The largest absolute Gasteiger partial charge is 0.478 e. The van der Waals surface area contributed by atoms with Crippen molar-refractivity contribution < 1.29 is 19.4 Å². The lowest BCUT2D eigenvalue weighted by Gasteiger charge is -2.14. The predicted octanol–water partition coefficient (Wildman–Crippen LogP) is 4.71. The monoisotopic (exact) mass is 389 g/mol. The summed E-state index contributed by atoms with van der Waals surface area (Å²) in [6, 6.07) is 18.7. The van der Waals surface area contributed by atoms with Crippen molar-refractivity contribution in [2.45, 2.75) is 6.61 Å². The third kappa shape index (κ3) is 4.04. The van der Waals surface area contributed by atoms with Crippen LogP contribution in [0.3, 0.4) is 0 Å². The van der Waals surface area contributed by atoms with Gasteiger partial charge in [0.1, 0.15) is 11.5 Å². The van der Waals surface area contributed by atoms with Crippen LogP contribution in [-0.4, -0.2) is 27.8 Å². The number of benzene rings is 2. The SMILES string of the molecule is COCc1cnn2cc(C(=O)O)cc2c1Nc1ccc(Oc2ccccc2)cc1. The van der Waals surface area contributed by atoms with E-state index in [9.17, 15) is 9.90 Å². The van der Waals surface area contributed by atoms with Crippen LogP contribution < -0.4 is 10.1 Å². The molecular weight excluding hydrogens is 370 g/mol. The van der Waals surface area contributed by atoms with Crippen LogP contribution in [0.15, 0.2) is 73.1 Å². The number of hydrogen-bond acceptors (Lipinski definition) is 5. The number of ether oxygens (including phenoxy) is 2. The number of carboxylic acids is 1. The first-order valence-electron chi connectivity index (χ1n) is 8.96. The number of nitrogens with zero attached hydrogens (tertiary/aromatic N) is 2. The fraction of sp³-hybridized carbons (Fsp3) is 0.0909. The van der Waals surface area contributed by atoms with Crippen LogP contribution in [0.1, 0.15) is 15.9 Å². The van der Waals surface area contributed by atoms with Gasteiger partial charge >= 0.3 is 5.97 Å². The lowest BCUT2D eigenvalue weighted by molar-refractivity contribution is 0.0697. The quantitative estimate of drug-likeness (QED) is 0.476. The maximum absolute atomic E-state index is 11.3. The van der Waals surface area contributed by atoms with Crippen molar-refractivity contribution >= 4 is 22.9 Å². The van der Waals surface area contributed by atoms with Crippen molar-refractivity contribution in [3.63, 3.8) is 0 Å². The minimum absolute atomic E-state index is 0.168. The summed E-state index contributed by atoms with van der Waals surface area (Å²) in [6.07, 6.45) is 3.15. The summed E-state index contributed by atoms with van der Waals surface area (Å²) < 4.78 is 12.6. The van der Waals surface area contributed by atoms with E-state index in [1.165, 1.54) is 10.7 Å². The van der Waals surface area contributed by atoms with Gasteiger partial charge in [-0.25, -0.2) is 9.31 Å². The highest BCUT2D eigenvalue weighted by molar-refractivity contribution is 5.92. The summed E-state index contributed by atoms with van der Waals surface area (Å²) >= 11 is 0. The second kappa shape index (κ2) is 8.04. The number of carbonyl (C=O) groups is 1. The first-order valence-corrected chi connectivity index (χ1v) is 8.96. The molecule has 4 rings (SSSR count). The van der Waals surface area contributed by atoms with Crippen LogP contribution in [0, 0.1) is 0 Å². The molecule has 0 amide bonds. The van der Waals surface area contributed by atoms with E-state index in [1.54, 1.807) is 19.4 Å². The predicted molar refractivity (Wildman–Crippen MR) is 109 cm³/mol. The molecule has 0 aliphatic carbocycles. The van der Waals surface area contributed by atoms with Gasteiger partial charge in [0.05, 0.1) is 29.6 Å². The van der Waals surface area contributed by atoms with Crippen LogP contribution >= 0.6 is 0 Å². The molecule has 0 radical (unpaired) electrons. The second-order valence-corrected chi connectivity index (χ2v) is 6.41. The van der Waals surface area contributed by atoms with E-state index in [2.05, 4.69) is 10.4 Å². The number of hydrogen-bond donors (Lipinski definition) is 2. The molecule has 0 unspecified atom stereocenters. The van der Waals surface area contributed by atoms with Crippen molar-refractivity contribution in [1.82, 2.24) is 9.61 Å². The summed E-state index contributed by atoms with van der Waals surface area (Å²) in [4.78, 5) is 11.3. The Kier molecular flexibility index (Phi) is 5.13. The number of fused-ring (bicyclic) bond motifs is 1. The molecule has 2 heterocycles. The molecule has 0 saturated carbocycles. The minimum Gasteiger partial charge on any atom is -0.478 e. The molecule has 29 heavy (non-hydrogen) atoms. The van der Waals surface area contributed by atoms with Crippen LogP contribution in [0.4, 0.5) is 11.4 Å². The average molecular weight is 389 g/mol. The molecule has 2 aromatic heterocycles. The summed E-state index contributed by atoms with van der Waals surface area (Å²) in [5.41, 5.74) is 3.21. The Bertz CT molecular complexity index is 1140. The number of aromatic nitrogens is 2. The van der Waals surface area contributed by atoms with Crippen LogP contribution in [0.5, 0.6) is 11.5 Å². The van der Waals surface area contributed by atoms with E-state index in [1.807, 2.05) is 54.6 Å². The molecule has 0 saturated heterocycles. The van der Waals surface area contributed by atoms with Gasteiger partial charge in [-0.3, -0.25) is 0 Å². The molecule has 0 spiro atoms. The normalized spacial score (nSPS) is 10.8. The lowest BCUT2D eigenvalue weighted by atomic mass is 10.2. The number of carboxylic acid groups (broad SMARTS) is 1. The van der Waals surface area contributed by atoms with Crippen molar-refractivity contribution in [3.8, 4) is 11.5 Å². The zero-order valence-electron chi connectivity index (χ0n) is 15.7. The molecule has 0 aliphatic rings. The summed E-state index contributed by atoms with van der Waals surface area (Å²) in [7, 11) is 1.60. The fourth-order valence-corrected chi connectivity index (χ4v) is 3.00. The standard InChI is InChI=1S/C22H19N3O4/c1-28-14-16-12-23-25-13-15(22(26)27)11-20(25)21(16)24-17-7-9-19(10-8-17)29-18-5-3-2-4-6-18/h2-13,24H,14H2,1H3,(H,26,27). The Labute approximate surface area is 167 Å². The maximum atomic E-state index is 11.3. The van der Waals surface area contributed by atoms with Gasteiger partial charge in [0.2, 0.25) is 0 Å². The van der Waals surface area contributed by atoms with Crippen LogP contribution in [0.2, 0.25) is 0 Å². The smallest absolute Gasteiger partial charge is 0.337 e. The highest BCUT2D eigenvalue weighted by Crippen LogP contribution is 2.29. The van der Waals surface area contributed by atoms with Gasteiger partial charge in [-0.15, -0.1) is 0 Å². The van der Waals surface area contributed by atoms with Gasteiger partial charge in [-0.05, 0) is 42.5 Å². The first-order chi connectivity index (χ1) is 14.1. The topological polar surface area (TPSA) is 85.1 Å². The number of nitrogens with one attached hydrogen (secondary N) is 1. The Morgan fingerprint density at radius 3 is 2.52 bits per heavy atom. The third-order valence-electron chi connectivity index (χ3n) is 4.36. The molecule has 146 valence electrons. The summed E-state index contributed by atoms with van der Waals surface area (Å²) in [6.45, 7) is 0.342. The minimum atomic E-state index is -1.00. The zero-order valence-corrected chi connectivity index (χ0v) is 15.7. The number of para-hydroxylation sites is 1. The second-order valence-electron chi connectivity index (χ2n) is 6.41. The highest BCUT2D eigenvalue weighted by atomic mass is 16.5. The molecular formula is C22H19N3O4. The van der Waals surface area contributed by atoms with Crippen molar-refractivity contribution in [2.75, 3.05) is 12.4 Å². The van der Waals surface area contributed by atoms with E-state index < -0.39 is 5.97 Å². The third-order valence-corrected chi connectivity index (χ3v) is 4.36. The number of anilines is 2. The summed E-state index contributed by atoms with van der Waals surface area (Å²) in [5, 5.41) is 16.9. The van der Waals surface area contributed by atoms with Gasteiger partial charge < -0.3 is 19.9 Å². The summed E-state index contributed by atoms with van der Waals surface area (Å²) in [5.74, 6) is 0.479. The molecule has 0 fully saturated rings. The van der Waals surface area contributed by atoms with E-state index >= 15 is 0 Å². The fourth-order valence-electron chi connectivity index (χ4n) is 3.00. The lowest BCUT2D eigenvalue weighted by Crippen LogP contribution is -2.03. The molecule has 4 aromatic rings. The molecule has 0 atom stereocenters. The van der Waals surface area contributed by atoms with Gasteiger partial charge in [-0.2, -0.15) is 5.10 Å². The zero-order chi connectivity index (χ0) is 20.2. The van der Waals surface area contributed by atoms with Crippen LogP contribution in [0.25, 0.3) is 5.52 Å². The number of methoxy groups -OCH3 is 1. The molecule has 2 N–H and O–H groups in total. The molecule has 0 bridgehead atoms. The highest BCUT2D eigenvalue weighted by Gasteiger charge is 2.14. The average Bonchev–Trinajstić information content (AvgIpc) is 3.17.